The number of carbonyl (C=O) groups excluding carboxylic acids is 1. The van der Waals surface area contributed by atoms with Crippen LogP contribution in [0, 0.1) is 0 Å². The van der Waals surface area contributed by atoms with Crippen molar-refractivity contribution in [2.75, 3.05) is 13.2 Å². The van der Waals surface area contributed by atoms with Crippen LogP contribution in [-0.2, 0) is 14.3 Å². The molecule has 0 aliphatic carbocycles. The highest BCUT2D eigenvalue weighted by molar-refractivity contribution is 5.80. The van der Waals surface area contributed by atoms with Gasteiger partial charge in [-0.1, -0.05) is 147 Å². The normalized spacial score (nSPS) is 23.3. The van der Waals surface area contributed by atoms with Gasteiger partial charge < -0.3 is 45.4 Å². The van der Waals surface area contributed by atoms with E-state index in [4.69, 9.17) is 9.47 Å². The van der Waals surface area contributed by atoms with Crippen molar-refractivity contribution in [1.82, 2.24) is 5.32 Å². The average Bonchev–Trinajstić information content (AvgIpc) is 3.11. The molecule has 1 aliphatic rings. The molecule has 8 atom stereocenters. The lowest BCUT2D eigenvalue weighted by atomic mass is 9.99. The second-order valence-corrected chi connectivity index (χ2v) is 14.4. The van der Waals surface area contributed by atoms with Gasteiger partial charge in [-0.25, -0.2) is 0 Å². The van der Waals surface area contributed by atoms with Gasteiger partial charge in [-0.05, 0) is 39.0 Å². The van der Waals surface area contributed by atoms with Crippen LogP contribution in [0.1, 0.15) is 162 Å². The van der Waals surface area contributed by atoms with Gasteiger partial charge in [0.15, 0.2) is 6.29 Å². The number of allylic oxidation sites excluding steroid dienone is 3. The summed E-state index contributed by atoms with van der Waals surface area (Å²) in [6.07, 6.45) is 20.6. The summed E-state index contributed by atoms with van der Waals surface area (Å²) >= 11 is 0. The number of hydrogen-bond acceptors (Lipinski definition) is 9. The Morgan fingerprint density at radius 2 is 1.30 bits per heavy atom. The predicted molar refractivity (Wildman–Crippen MR) is 199 cm³/mol. The Labute approximate surface area is 303 Å². The molecule has 10 nitrogen and oxygen atoms in total. The van der Waals surface area contributed by atoms with Crippen molar-refractivity contribution in [2.24, 2.45) is 0 Å². The molecule has 1 amide bonds. The van der Waals surface area contributed by atoms with Crippen LogP contribution in [0.3, 0.4) is 0 Å². The molecule has 1 fully saturated rings. The third kappa shape index (κ3) is 21.2. The first-order chi connectivity index (χ1) is 24.2. The number of aliphatic hydroxyl groups excluding tert-OH is 6. The van der Waals surface area contributed by atoms with E-state index in [1.165, 1.54) is 95.5 Å². The van der Waals surface area contributed by atoms with Crippen molar-refractivity contribution >= 4 is 5.91 Å². The van der Waals surface area contributed by atoms with E-state index in [1.807, 2.05) is 6.08 Å². The molecule has 0 unspecified atom stereocenters. The monoisotopic (exact) mass is 714 g/mol. The molecule has 0 aromatic rings. The lowest BCUT2D eigenvalue weighted by molar-refractivity contribution is -0.302. The molecule has 10 heteroatoms. The van der Waals surface area contributed by atoms with Gasteiger partial charge in [0, 0.05) is 0 Å². The fourth-order valence-electron chi connectivity index (χ4n) is 6.30. The number of rotatable bonds is 31. The van der Waals surface area contributed by atoms with E-state index in [1.54, 1.807) is 6.08 Å². The molecule has 0 radical (unpaired) electrons. The van der Waals surface area contributed by atoms with Crippen molar-refractivity contribution in [2.45, 2.75) is 211 Å². The zero-order valence-electron chi connectivity index (χ0n) is 31.7. The van der Waals surface area contributed by atoms with Crippen LogP contribution in [0.5, 0.6) is 0 Å². The molecule has 7 N–H and O–H groups in total. The van der Waals surface area contributed by atoms with Crippen molar-refractivity contribution in [3.8, 4) is 0 Å². The summed E-state index contributed by atoms with van der Waals surface area (Å²) in [5, 5.41) is 64.4. The summed E-state index contributed by atoms with van der Waals surface area (Å²) in [4.78, 5) is 13.0. The van der Waals surface area contributed by atoms with Gasteiger partial charge in [0.05, 0.1) is 25.4 Å². The van der Waals surface area contributed by atoms with Gasteiger partial charge in [-0.2, -0.15) is 0 Å². The fourth-order valence-corrected chi connectivity index (χ4v) is 6.30. The molecule has 0 spiro atoms. The molecule has 0 aromatic carbocycles. The molecule has 1 rings (SSSR count). The van der Waals surface area contributed by atoms with E-state index < -0.39 is 61.5 Å². The van der Waals surface area contributed by atoms with E-state index in [0.717, 1.165) is 32.1 Å². The molecule has 0 aromatic heterocycles. The van der Waals surface area contributed by atoms with Crippen LogP contribution in [0.2, 0.25) is 0 Å². The SMILES string of the molecule is CCCCCCCCCCCCC[C@@H](O)C(=O)N[C@@H](CO[C@@H]1O[C@H](CO)[C@@H](O)[C@H](O)[C@H]1O)[C@H](O)/C=C/CC/C=C(\C)CCCCCCCCC. The lowest BCUT2D eigenvalue weighted by Crippen LogP contribution is -2.60. The number of carbonyl (C=O) groups is 1. The number of amides is 1. The predicted octanol–water partition coefficient (Wildman–Crippen LogP) is 6.13. The maximum atomic E-state index is 13.0. The molecule has 50 heavy (non-hydrogen) atoms. The Hall–Kier alpha value is -1.37. The van der Waals surface area contributed by atoms with Gasteiger partial charge in [0.25, 0.3) is 0 Å². The maximum absolute atomic E-state index is 13.0. The smallest absolute Gasteiger partial charge is 0.249 e. The third-order valence-electron chi connectivity index (χ3n) is 9.75. The summed E-state index contributed by atoms with van der Waals surface area (Å²) in [6.45, 7) is 5.69. The van der Waals surface area contributed by atoms with Crippen molar-refractivity contribution < 1.29 is 44.9 Å². The molecule has 1 heterocycles. The molecular formula is C40H75NO9. The first-order valence-electron chi connectivity index (χ1n) is 20.1. The Morgan fingerprint density at radius 1 is 0.760 bits per heavy atom. The zero-order valence-corrected chi connectivity index (χ0v) is 31.7. The van der Waals surface area contributed by atoms with Crippen LogP contribution >= 0.6 is 0 Å². The lowest BCUT2D eigenvalue weighted by Gasteiger charge is -2.40. The molecule has 0 bridgehead atoms. The number of nitrogens with one attached hydrogen (secondary N) is 1. The van der Waals surface area contributed by atoms with E-state index in [2.05, 4.69) is 32.2 Å². The number of unbranched alkanes of at least 4 members (excludes halogenated alkanes) is 17. The van der Waals surface area contributed by atoms with E-state index in [-0.39, 0.29) is 6.61 Å². The highest BCUT2D eigenvalue weighted by atomic mass is 16.7. The summed E-state index contributed by atoms with van der Waals surface area (Å²) in [5.41, 5.74) is 1.36. The van der Waals surface area contributed by atoms with Crippen LogP contribution < -0.4 is 5.32 Å². The highest BCUT2D eigenvalue weighted by Gasteiger charge is 2.44. The highest BCUT2D eigenvalue weighted by Crippen LogP contribution is 2.22. The minimum Gasteiger partial charge on any atom is -0.394 e. The quantitative estimate of drug-likeness (QED) is 0.0330. The standard InChI is InChI=1S/C40H75NO9/c1-4-6-8-10-12-13-14-15-17-19-23-28-34(44)39(48)41-32(30-49-40-38(47)37(46)36(45)35(29-42)50-40)33(43)27-24-20-22-26-31(3)25-21-18-16-11-9-7-5-2/h24,26-27,32-38,40,42-47H,4-23,25,28-30H2,1-3H3,(H,41,48)/b27-24+,31-26+/t32-,33+,34+,35+,36+,37-,38+,40+/m0/s1. The van der Waals surface area contributed by atoms with E-state index in [0.29, 0.717) is 19.3 Å². The van der Waals surface area contributed by atoms with Gasteiger partial charge in [0.1, 0.15) is 30.5 Å². The molecule has 294 valence electrons. The van der Waals surface area contributed by atoms with Crippen molar-refractivity contribution in [3.63, 3.8) is 0 Å². The summed E-state index contributed by atoms with van der Waals surface area (Å²) in [7, 11) is 0. The van der Waals surface area contributed by atoms with Gasteiger partial charge in [-0.15, -0.1) is 0 Å². The Balaban J connectivity index is 2.61. The Bertz CT molecular complexity index is 883. The van der Waals surface area contributed by atoms with Gasteiger partial charge in [0.2, 0.25) is 5.91 Å². The minimum absolute atomic E-state index is 0.305. The van der Waals surface area contributed by atoms with Crippen LogP contribution in [0.25, 0.3) is 0 Å². The van der Waals surface area contributed by atoms with Gasteiger partial charge in [-0.3, -0.25) is 4.79 Å². The topological polar surface area (TPSA) is 169 Å². The maximum Gasteiger partial charge on any atom is 0.249 e. The van der Waals surface area contributed by atoms with Crippen molar-refractivity contribution in [1.29, 1.82) is 0 Å². The summed E-state index contributed by atoms with van der Waals surface area (Å²) < 4.78 is 11.1. The second kappa shape index (κ2) is 30.1. The summed E-state index contributed by atoms with van der Waals surface area (Å²) in [6, 6.07) is -0.993. The molecule has 0 saturated carbocycles. The van der Waals surface area contributed by atoms with Crippen LogP contribution in [-0.4, -0.2) is 98.7 Å². The summed E-state index contributed by atoms with van der Waals surface area (Å²) in [5.74, 6) is -0.629. The average molecular weight is 714 g/mol. The van der Waals surface area contributed by atoms with E-state index in [9.17, 15) is 35.4 Å². The number of ether oxygens (including phenoxy) is 2. The van der Waals surface area contributed by atoms with Crippen molar-refractivity contribution in [3.05, 3.63) is 23.8 Å². The van der Waals surface area contributed by atoms with Crippen LogP contribution in [0.15, 0.2) is 23.8 Å². The first-order valence-corrected chi connectivity index (χ1v) is 20.1. The number of aliphatic hydroxyl groups is 6. The Kier molecular flexibility index (Phi) is 28.1. The number of hydrogen-bond donors (Lipinski definition) is 7. The van der Waals surface area contributed by atoms with Gasteiger partial charge >= 0.3 is 0 Å². The largest absolute Gasteiger partial charge is 0.394 e. The zero-order chi connectivity index (χ0) is 37.0. The molecule has 1 saturated heterocycles. The fraction of sp³-hybridized carbons (Fsp3) is 0.875. The van der Waals surface area contributed by atoms with Crippen LogP contribution in [0.4, 0.5) is 0 Å². The second-order valence-electron chi connectivity index (χ2n) is 14.4. The van der Waals surface area contributed by atoms with E-state index >= 15 is 0 Å². The first kappa shape index (κ1) is 46.7. The third-order valence-corrected chi connectivity index (χ3v) is 9.75. The Morgan fingerprint density at radius 3 is 1.86 bits per heavy atom. The molecular weight excluding hydrogens is 638 g/mol. The molecule has 1 aliphatic heterocycles. The minimum atomic E-state index is -1.61.